The number of nitrogens with one attached hydrogen (secondary N) is 2. The van der Waals surface area contributed by atoms with Crippen molar-refractivity contribution >= 4 is 23.2 Å². The normalized spacial score (nSPS) is 25.8. The highest BCUT2D eigenvalue weighted by Gasteiger charge is 2.30. The van der Waals surface area contributed by atoms with E-state index in [9.17, 15) is 4.79 Å². The van der Waals surface area contributed by atoms with Crippen LogP contribution in [0.5, 0.6) is 0 Å². The van der Waals surface area contributed by atoms with Gasteiger partial charge < -0.3 is 16.4 Å². The second-order valence-corrected chi connectivity index (χ2v) is 4.02. The first-order valence-corrected chi connectivity index (χ1v) is 5.39. The second-order valence-electron chi connectivity index (χ2n) is 3.55. The summed E-state index contributed by atoms with van der Waals surface area (Å²) in [5.74, 6) is 0.174. The summed E-state index contributed by atoms with van der Waals surface area (Å²) >= 11 is 4.96. The molecule has 2 unspecified atom stereocenters. The van der Waals surface area contributed by atoms with Gasteiger partial charge in [0.05, 0.1) is 4.99 Å². The van der Waals surface area contributed by atoms with Crippen molar-refractivity contribution in [2.24, 2.45) is 11.7 Å². The molecule has 2 amide bonds. The molecule has 0 bridgehead atoms. The van der Waals surface area contributed by atoms with Crippen molar-refractivity contribution in [3.8, 4) is 0 Å². The Balaban J connectivity index is 2.43. The van der Waals surface area contributed by atoms with Crippen LogP contribution in [0.3, 0.4) is 0 Å². The van der Waals surface area contributed by atoms with Crippen molar-refractivity contribution in [1.82, 2.24) is 10.6 Å². The van der Waals surface area contributed by atoms with E-state index in [4.69, 9.17) is 18.0 Å². The molecule has 0 aromatic heterocycles. The second kappa shape index (κ2) is 5.14. The zero-order valence-corrected chi connectivity index (χ0v) is 9.19. The van der Waals surface area contributed by atoms with Gasteiger partial charge in [-0.25, -0.2) is 4.79 Å². The number of carbonyl (C=O) groups excluding carboxylic acids is 1. The minimum atomic E-state index is -0.124. The van der Waals surface area contributed by atoms with Crippen LogP contribution in [0.1, 0.15) is 26.2 Å². The summed E-state index contributed by atoms with van der Waals surface area (Å²) < 4.78 is 0. The number of hydrogen-bond acceptors (Lipinski definition) is 2. The predicted octanol–water partition coefficient (Wildman–Crippen LogP) is 0.760. The molecule has 0 aromatic rings. The first-order valence-electron chi connectivity index (χ1n) is 4.98. The summed E-state index contributed by atoms with van der Waals surface area (Å²) in [6.45, 7) is 2.52. The molecule has 0 aromatic carbocycles. The van der Waals surface area contributed by atoms with Gasteiger partial charge in [-0.2, -0.15) is 0 Å². The van der Waals surface area contributed by atoms with E-state index in [0.29, 0.717) is 11.5 Å². The van der Waals surface area contributed by atoms with Crippen molar-refractivity contribution in [2.75, 3.05) is 6.54 Å². The fraction of sp³-hybridized carbons (Fsp3) is 0.778. The lowest BCUT2D eigenvalue weighted by atomic mass is 10.0. The maximum Gasteiger partial charge on any atom is 0.315 e. The molecular weight excluding hydrogens is 198 g/mol. The Kier molecular flexibility index (Phi) is 4.13. The van der Waals surface area contributed by atoms with Crippen LogP contribution in [-0.2, 0) is 0 Å². The number of amides is 2. The van der Waals surface area contributed by atoms with E-state index in [1.54, 1.807) is 0 Å². The number of urea groups is 1. The van der Waals surface area contributed by atoms with Gasteiger partial charge in [0.25, 0.3) is 0 Å². The smallest absolute Gasteiger partial charge is 0.315 e. The Morgan fingerprint density at radius 2 is 2.29 bits per heavy atom. The standard InChI is InChI=1S/C9H17N3OS/c1-2-11-9(13)12-7-5-3-4-6(7)8(10)14/h6-7H,2-5H2,1H3,(H2,10,14)(H2,11,12,13). The maximum absolute atomic E-state index is 11.3. The SMILES string of the molecule is CCNC(=O)NC1CCCC1C(N)=S. The number of nitrogens with two attached hydrogens (primary N) is 1. The lowest BCUT2D eigenvalue weighted by Crippen LogP contribution is -2.46. The van der Waals surface area contributed by atoms with Crippen molar-refractivity contribution in [3.63, 3.8) is 0 Å². The quantitative estimate of drug-likeness (QED) is 0.609. The van der Waals surface area contributed by atoms with Gasteiger partial charge in [-0.15, -0.1) is 0 Å². The fourth-order valence-corrected chi connectivity index (χ4v) is 2.14. The van der Waals surface area contributed by atoms with Gasteiger partial charge in [-0.1, -0.05) is 18.6 Å². The molecule has 2 atom stereocenters. The van der Waals surface area contributed by atoms with Crippen molar-refractivity contribution in [3.05, 3.63) is 0 Å². The summed E-state index contributed by atoms with van der Waals surface area (Å²) in [7, 11) is 0. The minimum Gasteiger partial charge on any atom is -0.393 e. The molecule has 5 heteroatoms. The number of rotatable bonds is 3. The van der Waals surface area contributed by atoms with E-state index in [-0.39, 0.29) is 18.0 Å². The molecule has 1 aliphatic rings. The molecule has 0 saturated heterocycles. The van der Waals surface area contributed by atoms with E-state index < -0.39 is 0 Å². The maximum atomic E-state index is 11.3. The topological polar surface area (TPSA) is 67.2 Å². The molecule has 14 heavy (non-hydrogen) atoms. The monoisotopic (exact) mass is 215 g/mol. The van der Waals surface area contributed by atoms with Crippen molar-refractivity contribution in [1.29, 1.82) is 0 Å². The Morgan fingerprint density at radius 3 is 2.86 bits per heavy atom. The van der Waals surface area contributed by atoms with Gasteiger partial charge in [0.2, 0.25) is 0 Å². The van der Waals surface area contributed by atoms with Crippen LogP contribution in [-0.4, -0.2) is 23.6 Å². The van der Waals surface area contributed by atoms with Gasteiger partial charge in [0, 0.05) is 18.5 Å². The number of hydrogen-bond donors (Lipinski definition) is 3. The van der Waals surface area contributed by atoms with Crippen LogP contribution in [0.2, 0.25) is 0 Å². The van der Waals surface area contributed by atoms with Gasteiger partial charge in [-0.3, -0.25) is 0 Å². The number of carbonyl (C=O) groups is 1. The molecule has 0 aliphatic heterocycles. The predicted molar refractivity (Wildman–Crippen MR) is 60.1 cm³/mol. The van der Waals surface area contributed by atoms with Gasteiger partial charge >= 0.3 is 6.03 Å². The zero-order valence-electron chi connectivity index (χ0n) is 8.38. The summed E-state index contributed by atoms with van der Waals surface area (Å²) in [6, 6.07) is -0.000278. The van der Waals surface area contributed by atoms with Gasteiger partial charge in [0.1, 0.15) is 0 Å². The molecule has 4 N–H and O–H groups in total. The van der Waals surface area contributed by atoms with E-state index in [1.807, 2.05) is 6.92 Å². The Labute approximate surface area is 89.6 Å². The fourth-order valence-electron chi connectivity index (χ4n) is 1.85. The molecule has 1 aliphatic carbocycles. The van der Waals surface area contributed by atoms with E-state index >= 15 is 0 Å². The summed E-state index contributed by atoms with van der Waals surface area (Å²) in [6.07, 6.45) is 3.05. The minimum absolute atomic E-state index is 0.124. The average molecular weight is 215 g/mol. The van der Waals surface area contributed by atoms with E-state index in [1.165, 1.54) is 0 Å². The van der Waals surface area contributed by atoms with Crippen LogP contribution >= 0.6 is 12.2 Å². The lowest BCUT2D eigenvalue weighted by molar-refractivity contribution is 0.236. The van der Waals surface area contributed by atoms with Crippen LogP contribution in [0.15, 0.2) is 0 Å². The first kappa shape index (κ1) is 11.2. The summed E-state index contributed by atoms with van der Waals surface area (Å²) in [4.78, 5) is 11.8. The van der Waals surface area contributed by atoms with Crippen LogP contribution in [0, 0.1) is 5.92 Å². The van der Waals surface area contributed by atoms with Crippen LogP contribution in [0.4, 0.5) is 4.79 Å². The van der Waals surface area contributed by atoms with E-state index in [2.05, 4.69) is 10.6 Å². The third-order valence-electron chi connectivity index (χ3n) is 2.54. The third kappa shape index (κ3) is 2.83. The molecule has 0 spiro atoms. The number of thiocarbonyl (C=S) groups is 1. The summed E-state index contributed by atoms with van der Waals surface area (Å²) in [5, 5.41) is 5.59. The van der Waals surface area contributed by atoms with Crippen molar-refractivity contribution in [2.45, 2.75) is 32.2 Å². The highest BCUT2D eigenvalue weighted by Crippen LogP contribution is 2.25. The Morgan fingerprint density at radius 1 is 1.57 bits per heavy atom. The summed E-state index contributed by atoms with van der Waals surface area (Å²) in [5.41, 5.74) is 5.60. The Bertz CT molecular complexity index is 232. The van der Waals surface area contributed by atoms with Gasteiger partial charge in [0.15, 0.2) is 0 Å². The molecule has 0 heterocycles. The third-order valence-corrected chi connectivity index (χ3v) is 2.84. The highest BCUT2D eigenvalue weighted by atomic mass is 32.1. The van der Waals surface area contributed by atoms with Crippen LogP contribution in [0.25, 0.3) is 0 Å². The molecule has 1 fully saturated rings. The van der Waals surface area contributed by atoms with E-state index in [0.717, 1.165) is 19.3 Å². The average Bonchev–Trinajstić information content (AvgIpc) is 2.52. The van der Waals surface area contributed by atoms with Crippen LogP contribution < -0.4 is 16.4 Å². The van der Waals surface area contributed by atoms with Crippen molar-refractivity contribution < 1.29 is 4.79 Å². The molecule has 1 saturated carbocycles. The van der Waals surface area contributed by atoms with Gasteiger partial charge in [-0.05, 0) is 19.8 Å². The molecule has 80 valence electrons. The first-order chi connectivity index (χ1) is 6.65. The molecule has 0 radical (unpaired) electrons. The largest absolute Gasteiger partial charge is 0.393 e. The molecule has 4 nitrogen and oxygen atoms in total. The Hall–Kier alpha value is -0.840. The molecule has 1 rings (SSSR count). The molecular formula is C9H17N3OS. The highest BCUT2D eigenvalue weighted by molar-refractivity contribution is 7.80. The lowest BCUT2D eigenvalue weighted by Gasteiger charge is -2.19. The zero-order chi connectivity index (χ0) is 10.6.